The van der Waals surface area contributed by atoms with E-state index in [1.54, 1.807) is 24.4 Å². The number of hydrogen-bond donors (Lipinski definition) is 3. The number of nitrogens with two attached hydrogens (primary N) is 1. The summed E-state index contributed by atoms with van der Waals surface area (Å²) >= 11 is 0. The van der Waals surface area contributed by atoms with E-state index in [0.29, 0.717) is 29.6 Å². The molecule has 1 aromatic carbocycles. The molecule has 0 aliphatic heterocycles. The summed E-state index contributed by atoms with van der Waals surface area (Å²) in [7, 11) is -2.27. The summed E-state index contributed by atoms with van der Waals surface area (Å²) in [5, 5.41) is 6.24. The highest BCUT2D eigenvalue weighted by molar-refractivity contribution is 7.93. The van der Waals surface area contributed by atoms with Gasteiger partial charge in [-0.3, -0.25) is 19.6 Å². The number of primary amides is 1. The fourth-order valence-corrected chi connectivity index (χ4v) is 4.53. The second-order valence-corrected chi connectivity index (χ2v) is 9.11. The lowest BCUT2D eigenvalue weighted by atomic mass is 10.0. The van der Waals surface area contributed by atoms with Gasteiger partial charge in [0.05, 0.1) is 23.6 Å². The lowest BCUT2D eigenvalue weighted by molar-refractivity contribution is -0.114. The van der Waals surface area contributed by atoms with Gasteiger partial charge in [-0.15, -0.1) is 5.10 Å². The van der Waals surface area contributed by atoms with Gasteiger partial charge in [-0.05, 0) is 42.7 Å². The molecule has 31 heavy (non-hydrogen) atoms. The predicted molar refractivity (Wildman–Crippen MR) is 113 cm³/mol. The molecular formula is C19H20N6O5S. The number of amides is 2. The van der Waals surface area contributed by atoms with Crippen LogP contribution in [-0.4, -0.2) is 47.2 Å². The molecule has 0 saturated heterocycles. The summed E-state index contributed by atoms with van der Waals surface area (Å²) in [4.78, 5) is 27.5. The Morgan fingerprint density at radius 1 is 1.23 bits per heavy atom. The molecule has 4 rings (SSSR count). The molecule has 1 aliphatic rings. The van der Waals surface area contributed by atoms with Gasteiger partial charge in [0.15, 0.2) is 11.4 Å². The van der Waals surface area contributed by atoms with Crippen molar-refractivity contribution in [1.82, 2.24) is 14.6 Å². The van der Waals surface area contributed by atoms with Crippen LogP contribution in [0.3, 0.4) is 0 Å². The normalized spacial score (nSPS) is 13.7. The molecule has 0 bridgehead atoms. The molecule has 2 heterocycles. The van der Waals surface area contributed by atoms with Gasteiger partial charge in [0, 0.05) is 18.7 Å². The van der Waals surface area contributed by atoms with Crippen molar-refractivity contribution in [2.75, 3.05) is 17.1 Å². The monoisotopic (exact) mass is 444 g/mol. The second-order valence-electron chi connectivity index (χ2n) is 7.15. The van der Waals surface area contributed by atoms with Crippen LogP contribution in [0.5, 0.6) is 5.75 Å². The number of sulfonamides is 1. The van der Waals surface area contributed by atoms with Crippen molar-refractivity contribution in [2.45, 2.75) is 25.0 Å². The first kappa shape index (κ1) is 20.6. The Morgan fingerprint density at radius 3 is 2.58 bits per heavy atom. The molecule has 1 aliphatic carbocycles. The van der Waals surface area contributed by atoms with Gasteiger partial charge in [-0.2, -0.15) is 4.98 Å². The van der Waals surface area contributed by atoms with Gasteiger partial charge in [0.1, 0.15) is 0 Å². The first-order chi connectivity index (χ1) is 14.7. The van der Waals surface area contributed by atoms with Crippen molar-refractivity contribution in [2.24, 2.45) is 5.73 Å². The van der Waals surface area contributed by atoms with E-state index in [1.165, 1.54) is 24.6 Å². The molecule has 1 saturated carbocycles. The first-order valence-corrected chi connectivity index (χ1v) is 10.9. The predicted octanol–water partition coefficient (Wildman–Crippen LogP) is 1.37. The number of nitrogens with one attached hydrogen (secondary N) is 2. The zero-order valence-electron chi connectivity index (χ0n) is 16.7. The van der Waals surface area contributed by atoms with Crippen molar-refractivity contribution in [3.63, 3.8) is 0 Å². The van der Waals surface area contributed by atoms with Gasteiger partial charge in [0.2, 0.25) is 21.9 Å². The molecule has 0 unspecified atom stereocenters. The highest BCUT2D eigenvalue weighted by atomic mass is 32.2. The second kappa shape index (κ2) is 7.54. The topological polar surface area (TPSA) is 158 Å². The van der Waals surface area contributed by atoms with Crippen molar-refractivity contribution in [1.29, 1.82) is 0 Å². The number of benzene rings is 1. The summed E-state index contributed by atoms with van der Waals surface area (Å²) in [6, 6.07) is 6.49. The Hall–Kier alpha value is -3.67. The molecule has 3 aromatic rings. The van der Waals surface area contributed by atoms with Gasteiger partial charge < -0.3 is 10.5 Å². The Kier molecular flexibility index (Phi) is 5.01. The summed E-state index contributed by atoms with van der Waals surface area (Å²) < 4.78 is 34.2. The Labute approximate surface area is 177 Å². The van der Waals surface area contributed by atoms with Crippen LogP contribution >= 0.6 is 0 Å². The summed E-state index contributed by atoms with van der Waals surface area (Å²) in [5.41, 5.74) is 7.30. The van der Waals surface area contributed by atoms with E-state index in [0.717, 1.165) is 0 Å². The largest absolute Gasteiger partial charge is 0.494 e. The van der Waals surface area contributed by atoms with E-state index in [1.807, 2.05) is 0 Å². The standard InChI is InChI=1S/C19H20N6O5S/c1-10(26)21-19-22-16-6-3-11(9-25(16)23-19)12-7-14(18(20)27)17(30-2)15(8-12)24-31(28,29)13-4-5-13/h3,6-9,13,24H,4-5H2,1-2H3,(H2,20,27)(H,21,23,26). The summed E-state index contributed by atoms with van der Waals surface area (Å²) in [6.07, 6.45) is 2.80. The number of methoxy groups -OCH3 is 1. The molecule has 2 amide bonds. The van der Waals surface area contributed by atoms with Gasteiger partial charge in [0.25, 0.3) is 5.91 Å². The maximum absolute atomic E-state index is 12.5. The number of fused-ring (bicyclic) bond motifs is 1. The number of rotatable bonds is 7. The van der Waals surface area contributed by atoms with Gasteiger partial charge >= 0.3 is 0 Å². The summed E-state index contributed by atoms with van der Waals surface area (Å²) in [5.74, 6) is -0.865. The van der Waals surface area contributed by atoms with E-state index in [-0.39, 0.29) is 28.9 Å². The molecule has 0 radical (unpaired) electrons. The van der Waals surface area contributed by atoms with Crippen molar-refractivity contribution >= 4 is 39.1 Å². The molecule has 2 aromatic heterocycles. The molecular weight excluding hydrogens is 424 g/mol. The number of aromatic nitrogens is 3. The minimum Gasteiger partial charge on any atom is -0.494 e. The van der Waals surface area contributed by atoms with Crippen LogP contribution in [0.4, 0.5) is 11.6 Å². The maximum atomic E-state index is 12.5. The van der Waals surface area contributed by atoms with Crippen LogP contribution < -0.4 is 20.5 Å². The highest BCUT2D eigenvalue weighted by Gasteiger charge is 2.36. The SMILES string of the molecule is COc1c(NS(=O)(=O)C2CC2)cc(-c2ccc3nc(NC(C)=O)nn3c2)cc1C(N)=O. The zero-order chi connectivity index (χ0) is 22.3. The number of pyridine rings is 1. The van der Waals surface area contributed by atoms with E-state index < -0.39 is 21.2 Å². The van der Waals surface area contributed by atoms with Crippen LogP contribution in [0.2, 0.25) is 0 Å². The molecule has 0 spiro atoms. The molecule has 12 heteroatoms. The Bertz CT molecular complexity index is 1310. The summed E-state index contributed by atoms with van der Waals surface area (Å²) in [6.45, 7) is 1.35. The third kappa shape index (κ3) is 4.14. The van der Waals surface area contributed by atoms with Gasteiger partial charge in [-0.1, -0.05) is 0 Å². The third-order valence-electron chi connectivity index (χ3n) is 4.73. The van der Waals surface area contributed by atoms with E-state index >= 15 is 0 Å². The van der Waals surface area contributed by atoms with E-state index in [9.17, 15) is 18.0 Å². The number of ether oxygens (including phenoxy) is 1. The zero-order valence-corrected chi connectivity index (χ0v) is 17.6. The number of nitrogens with zero attached hydrogens (tertiary/aromatic N) is 3. The quantitative estimate of drug-likeness (QED) is 0.496. The van der Waals surface area contributed by atoms with Crippen molar-refractivity contribution in [3.8, 4) is 16.9 Å². The molecule has 1 fully saturated rings. The number of anilines is 2. The molecule has 4 N–H and O–H groups in total. The number of carbonyl (C=O) groups excluding carboxylic acids is 2. The Morgan fingerprint density at radius 2 is 1.97 bits per heavy atom. The minimum atomic E-state index is -3.61. The van der Waals surface area contributed by atoms with Crippen LogP contribution in [-0.2, 0) is 14.8 Å². The average Bonchev–Trinajstić information content (AvgIpc) is 3.48. The smallest absolute Gasteiger partial charge is 0.252 e. The number of carbonyl (C=O) groups is 2. The average molecular weight is 444 g/mol. The number of hydrogen-bond acceptors (Lipinski definition) is 7. The molecule has 162 valence electrons. The Balaban J connectivity index is 1.81. The van der Waals surface area contributed by atoms with E-state index in [4.69, 9.17) is 10.5 Å². The molecule has 11 nitrogen and oxygen atoms in total. The lowest BCUT2D eigenvalue weighted by Crippen LogP contribution is -2.20. The van der Waals surface area contributed by atoms with Gasteiger partial charge in [-0.25, -0.2) is 12.9 Å². The maximum Gasteiger partial charge on any atom is 0.252 e. The third-order valence-corrected chi connectivity index (χ3v) is 6.58. The fraction of sp³-hybridized carbons (Fsp3) is 0.263. The van der Waals surface area contributed by atoms with Crippen LogP contribution in [0.1, 0.15) is 30.1 Å². The minimum absolute atomic E-state index is 0.0334. The molecule has 0 atom stereocenters. The van der Waals surface area contributed by atoms with E-state index in [2.05, 4.69) is 20.1 Å². The fourth-order valence-electron chi connectivity index (χ4n) is 3.15. The highest BCUT2D eigenvalue weighted by Crippen LogP contribution is 2.38. The van der Waals surface area contributed by atoms with Crippen LogP contribution in [0, 0.1) is 0 Å². The van der Waals surface area contributed by atoms with Crippen LogP contribution in [0.25, 0.3) is 16.8 Å². The van der Waals surface area contributed by atoms with Crippen LogP contribution in [0.15, 0.2) is 30.5 Å². The lowest BCUT2D eigenvalue weighted by Gasteiger charge is -2.16. The van der Waals surface area contributed by atoms with Crippen molar-refractivity contribution in [3.05, 3.63) is 36.0 Å². The first-order valence-electron chi connectivity index (χ1n) is 9.36. The van der Waals surface area contributed by atoms with Crippen molar-refractivity contribution < 1.29 is 22.7 Å².